The van der Waals surface area contributed by atoms with Gasteiger partial charge in [-0.1, -0.05) is 79.3 Å². The van der Waals surface area contributed by atoms with Gasteiger partial charge < -0.3 is 10.6 Å². The van der Waals surface area contributed by atoms with Crippen LogP contribution in [0.3, 0.4) is 0 Å². The summed E-state index contributed by atoms with van der Waals surface area (Å²) >= 11 is 20.0. The van der Waals surface area contributed by atoms with Gasteiger partial charge in [0.1, 0.15) is 11.1 Å². The Bertz CT molecular complexity index is 1260. The fraction of sp³-hybridized carbons (Fsp3) is 0.0769. The second kappa shape index (κ2) is 7.26. The van der Waals surface area contributed by atoms with Gasteiger partial charge in [0.2, 0.25) is 0 Å². The van der Waals surface area contributed by atoms with E-state index in [9.17, 15) is 0 Å². The van der Waals surface area contributed by atoms with E-state index in [-0.39, 0.29) is 0 Å². The topological polar surface area (TPSA) is 24.1 Å². The van der Waals surface area contributed by atoms with E-state index < -0.39 is 11.1 Å². The molecule has 4 aromatic rings. The van der Waals surface area contributed by atoms with Crippen LogP contribution in [0.25, 0.3) is 0 Å². The van der Waals surface area contributed by atoms with Crippen LogP contribution in [-0.2, 0) is 11.1 Å². The van der Waals surface area contributed by atoms with Crippen LogP contribution in [0, 0.1) is 0 Å². The van der Waals surface area contributed by atoms with E-state index in [0.29, 0.717) is 10.0 Å². The predicted molar refractivity (Wildman–Crippen MR) is 140 cm³/mol. The standard InChI is InChI=1S/C26H16Br2Cl2N2/c27-17-5-11-23-21(13-17)25(15-1-7-19(29)8-2-15)26(32-23,16-3-9-20(30)10-4-16)22-14-18(28)6-12-24(22)31-25/h1-14,31-32H/t25-,26-/m0/s1. The Morgan fingerprint density at radius 1 is 0.531 bits per heavy atom. The van der Waals surface area contributed by atoms with Crippen LogP contribution in [-0.4, -0.2) is 0 Å². The minimum Gasteiger partial charge on any atom is -0.369 e. The first-order valence-corrected chi connectivity index (χ1v) is 12.5. The highest BCUT2D eigenvalue weighted by Gasteiger charge is 2.65. The summed E-state index contributed by atoms with van der Waals surface area (Å²) in [5.41, 5.74) is 5.52. The van der Waals surface area contributed by atoms with E-state index in [4.69, 9.17) is 23.2 Å². The lowest BCUT2D eigenvalue weighted by Gasteiger charge is -2.42. The first-order valence-electron chi connectivity index (χ1n) is 10.1. The van der Waals surface area contributed by atoms with Crippen molar-refractivity contribution in [2.75, 3.05) is 10.6 Å². The second-order valence-electron chi connectivity index (χ2n) is 8.14. The highest BCUT2D eigenvalue weighted by Crippen LogP contribution is 2.64. The molecule has 158 valence electrons. The number of nitrogens with one attached hydrogen (secondary N) is 2. The SMILES string of the molecule is Clc1ccc([C@@]23Nc4ccc(Br)cc4[C@]2(c2ccc(Cl)cc2)Nc2ccc(Br)cc23)cc1. The summed E-state index contributed by atoms with van der Waals surface area (Å²) in [7, 11) is 0. The number of anilines is 2. The summed E-state index contributed by atoms with van der Waals surface area (Å²) in [6.07, 6.45) is 0. The third-order valence-corrected chi connectivity index (χ3v) is 8.02. The van der Waals surface area contributed by atoms with Crippen LogP contribution in [0.1, 0.15) is 22.3 Å². The van der Waals surface area contributed by atoms with Gasteiger partial charge in [-0.05, 0) is 71.8 Å². The lowest BCUT2D eigenvalue weighted by molar-refractivity contribution is 0.439. The van der Waals surface area contributed by atoms with Crippen molar-refractivity contribution in [3.8, 4) is 0 Å². The molecule has 0 unspecified atom stereocenters. The van der Waals surface area contributed by atoms with E-state index in [1.807, 2.05) is 24.3 Å². The molecule has 2 nitrogen and oxygen atoms in total. The molecule has 0 saturated heterocycles. The molecule has 0 fully saturated rings. The van der Waals surface area contributed by atoms with Gasteiger partial charge in [-0.15, -0.1) is 0 Å². The molecule has 2 N–H and O–H groups in total. The average Bonchev–Trinajstić information content (AvgIpc) is 3.22. The molecule has 2 aliphatic rings. The number of hydrogen-bond donors (Lipinski definition) is 2. The molecule has 2 heterocycles. The van der Waals surface area contributed by atoms with Crippen molar-refractivity contribution < 1.29 is 0 Å². The number of halogens is 4. The van der Waals surface area contributed by atoms with Crippen molar-refractivity contribution >= 4 is 66.4 Å². The van der Waals surface area contributed by atoms with Gasteiger partial charge in [0, 0.05) is 41.5 Å². The minimum atomic E-state index is -0.604. The quantitative estimate of drug-likeness (QED) is 0.246. The van der Waals surface area contributed by atoms with Crippen LogP contribution in [0.2, 0.25) is 10.0 Å². The lowest BCUT2D eigenvalue weighted by Crippen LogP contribution is -2.51. The number of rotatable bonds is 2. The Hall–Kier alpha value is -1.98. The molecule has 6 rings (SSSR count). The van der Waals surface area contributed by atoms with Crippen LogP contribution in [0.5, 0.6) is 0 Å². The normalized spacial score (nSPS) is 22.5. The van der Waals surface area contributed by atoms with E-state index >= 15 is 0 Å². The van der Waals surface area contributed by atoms with Crippen molar-refractivity contribution in [1.82, 2.24) is 0 Å². The van der Waals surface area contributed by atoms with Crippen molar-refractivity contribution in [3.05, 3.63) is 126 Å². The molecule has 0 aliphatic carbocycles. The van der Waals surface area contributed by atoms with Crippen LogP contribution in [0.4, 0.5) is 11.4 Å². The Morgan fingerprint density at radius 2 is 0.906 bits per heavy atom. The minimum absolute atomic E-state index is 0.604. The predicted octanol–water partition coefficient (Wildman–Crippen LogP) is 8.56. The summed E-state index contributed by atoms with van der Waals surface area (Å²) in [6.45, 7) is 0. The Labute approximate surface area is 213 Å². The molecule has 6 heteroatoms. The molecule has 0 aromatic heterocycles. The third-order valence-electron chi connectivity index (χ3n) is 6.53. The zero-order valence-corrected chi connectivity index (χ0v) is 21.3. The molecule has 32 heavy (non-hydrogen) atoms. The van der Waals surface area contributed by atoms with Gasteiger partial charge in [-0.25, -0.2) is 0 Å². The molecule has 4 aromatic carbocycles. The summed E-state index contributed by atoms with van der Waals surface area (Å²) in [5, 5.41) is 9.28. The zero-order valence-electron chi connectivity index (χ0n) is 16.6. The van der Waals surface area contributed by atoms with E-state index in [1.165, 1.54) is 0 Å². The first kappa shape index (κ1) is 20.6. The largest absolute Gasteiger partial charge is 0.369 e. The molecule has 0 saturated carbocycles. The molecule has 2 atom stereocenters. The van der Waals surface area contributed by atoms with Gasteiger partial charge in [-0.2, -0.15) is 0 Å². The maximum Gasteiger partial charge on any atom is 0.122 e. The van der Waals surface area contributed by atoms with Crippen molar-refractivity contribution in [1.29, 1.82) is 0 Å². The van der Waals surface area contributed by atoms with Crippen molar-refractivity contribution in [2.45, 2.75) is 11.1 Å². The van der Waals surface area contributed by atoms with Gasteiger partial charge in [0.05, 0.1) is 0 Å². The van der Waals surface area contributed by atoms with E-state index in [0.717, 1.165) is 42.6 Å². The molecule has 0 radical (unpaired) electrons. The number of benzene rings is 4. The fourth-order valence-corrected chi connectivity index (χ4v) is 6.26. The molecular weight excluding hydrogens is 571 g/mol. The summed E-state index contributed by atoms with van der Waals surface area (Å²) in [5.74, 6) is 0. The van der Waals surface area contributed by atoms with Crippen LogP contribution >= 0.6 is 55.1 Å². The maximum absolute atomic E-state index is 6.30. The van der Waals surface area contributed by atoms with Gasteiger partial charge in [0.15, 0.2) is 0 Å². The third kappa shape index (κ3) is 2.70. The zero-order chi connectivity index (χ0) is 22.1. The smallest absolute Gasteiger partial charge is 0.122 e. The molecule has 0 bridgehead atoms. The first-order chi connectivity index (χ1) is 15.4. The van der Waals surface area contributed by atoms with Crippen LogP contribution in [0.15, 0.2) is 93.9 Å². The highest BCUT2D eigenvalue weighted by molar-refractivity contribution is 9.10. The Morgan fingerprint density at radius 3 is 1.28 bits per heavy atom. The maximum atomic E-state index is 6.30. The number of hydrogen-bond acceptors (Lipinski definition) is 2. The Kier molecular flexibility index (Phi) is 4.68. The molecular formula is C26H16Br2Cl2N2. The monoisotopic (exact) mass is 584 g/mol. The van der Waals surface area contributed by atoms with Gasteiger partial charge >= 0.3 is 0 Å². The summed E-state index contributed by atoms with van der Waals surface area (Å²) in [6, 6.07) is 29.0. The lowest BCUT2D eigenvalue weighted by atomic mass is 9.66. The van der Waals surface area contributed by atoms with Gasteiger partial charge in [0.25, 0.3) is 0 Å². The molecule has 2 aliphatic heterocycles. The molecule has 0 amide bonds. The van der Waals surface area contributed by atoms with Crippen molar-refractivity contribution in [2.24, 2.45) is 0 Å². The fourth-order valence-electron chi connectivity index (χ4n) is 5.29. The average molecular weight is 587 g/mol. The van der Waals surface area contributed by atoms with Crippen LogP contribution < -0.4 is 10.6 Å². The Balaban J connectivity index is 1.77. The second-order valence-corrected chi connectivity index (χ2v) is 10.8. The summed E-state index contributed by atoms with van der Waals surface area (Å²) in [4.78, 5) is 0. The van der Waals surface area contributed by atoms with E-state index in [2.05, 4.69) is 103 Å². The van der Waals surface area contributed by atoms with Crippen molar-refractivity contribution in [3.63, 3.8) is 0 Å². The highest BCUT2D eigenvalue weighted by atomic mass is 79.9. The summed E-state index contributed by atoms with van der Waals surface area (Å²) < 4.78 is 2.05. The molecule has 0 spiro atoms. The van der Waals surface area contributed by atoms with E-state index in [1.54, 1.807) is 0 Å². The van der Waals surface area contributed by atoms with Gasteiger partial charge in [-0.3, -0.25) is 0 Å². The number of fused-ring (bicyclic) bond motifs is 5.